The summed E-state index contributed by atoms with van der Waals surface area (Å²) in [4.78, 5) is 16.3. The predicted molar refractivity (Wildman–Crippen MR) is 81.0 cm³/mol. The quantitative estimate of drug-likeness (QED) is 0.536. The Kier molecular flexibility index (Phi) is 4.10. The molecule has 23 heavy (non-hydrogen) atoms. The summed E-state index contributed by atoms with van der Waals surface area (Å²) in [6, 6.07) is 15.2. The van der Waals surface area contributed by atoms with Crippen LogP contribution in [0, 0.1) is 11.6 Å². The molecule has 0 bridgehead atoms. The zero-order valence-corrected chi connectivity index (χ0v) is 11.9. The van der Waals surface area contributed by atoms with Crippen molar-refractivity contribution >= 4 is 5.97 Å². The first-order valence-electron chi connectivity index (χ1n) is 6.83. The van der Waals surface area contributed by atoms with Gasteiger partial charge in [0.1, 0.15) is 22.9 Å². The molecular weight excluding hydrogens is 300 g/mol. The number of benzene rings is 2. The van der Waals surface area contributed by atoms with Gasteiger partial charge in [-0.25, -0.2) is 13.6 Å². The molecule has 0 saturated heterocycles. The third-order valence-electron chi connectivity index (χ3n) is 3.20. The molecule has 0 aliphatic rings. The molecule has 0 radical (unpaired) electrons. The molecule has 0 saturated carbocycles. The number of hydrogen-bond donors (Lipinski definition) is 0. The molecule has 0 amide bonds. The normalized spacial score (nSPS) is 10.3. The number of aromatic nitrogens is 1. The first kappa shape index (κ1) is 14.8. The van der Waals surface area contributed by atoms with Crippen molar-refractivity contribution in [2.24, 2.45) is 0 Å². The van der Waals surface area contributed by atoms with Gasteiger partial charge in [0.25, 0.3) is 0 Å². The maximum atomic E-state index is 13.7. The van der Waals surface area contributed by atoms with Crippen LogP contribution in [0.15, 0.2) is 66.9 Å². The minimum Gasteiger partial charge on any atom is -0.422 e. The maximum Gasteiger partial charge on any atom is 0.349 e. The van der Waals surface area contributed by atoms with Crippen molar-refractivity contribution in [1.82, 2.24) is 4.98 Å². The van der Waals surface area contributed by atoms with Crippen LogP contribution in [0.5, 0.6) is 5.75 Å². The molecule has 0 spiro atoms. The average molecular weight is 311 g/mol. The van der Waals surface area contributed by atoms with Crippen LogP contribution in [0.2, 0.25) is 0 Å². The Balaban J connectivity index is 1.97. The molecule has 0 unspecified atom stereocenters. The lowest BCUT2D eigenvalue weighted by atomic mass is 10.1. The molecule has 1 aromatic heterocycles. The summed E-state index contributed by atoms with van der Waals surface area (Å²) < 4.78 is 32.5. The Morgan fingerprint density at radius 1 is 0.870 bits per heavy atom. The van der Waals surface area contributed by atoms with E-state index in [9.17, 15) is 13.6 Å². The molecule has 2 aromatic carbocycles. The molecule has 0 fully saturated rings. The first-order valence-corrected chi connectivity index (χ1v) is 6.83. The van der Waals surface area contributed by atoms with E-state index >= 15 is 0 Å². The van der Waals surface area contributed by atoms with Gasteiger partial charge in [-0.3, -0.25) is 4.98 Å². The van der Waals surface area contributed by atoms with Gasteiger partial charge < -0.3 is 4.74 Å². The van der Waals surface area contributed by atoms with E-state index in [2.05, 4.69) is 4.98 Å². The molecular formula is C18H11F2NO2. The Morgan fingerprint density at radius 3 is 2.26 bits per heavy atom. The molecule has 3 aromatic rings. The van der Waals surface area contributed by atoms with Crippen LogP contribution in [-0.2, 0) is 0 Å². The summed E-state index contributed by atoms with van der Waals surface area (Å²) in [5.41, 5.74) is 0.423. The number of hydrogen-bond acceptors (Lipinski definition) is 3. The number of pyridine rings is 1. The molecule has 3 rings (SSSR count). The molecule has 5 heteroatoms. The van der Waals surface area contributed by atoms with E-state index in [4.69, 9.17) is 4.74 Å². The minimum atomic E-state index is -1.09. The van der Waals surface area contributed by atoms with Gasteiger partial charge in [-0.05, 0) is 36.4 Å². The predicted octanol–water partition coefficient (Wildman–Crippen LogP) is 4.25. The second kappa shape index (κ2) is 6.36. The number of para-hydroxylation sites is 1. The van der Waals surface area contributed by atoms with E-state index in [0.29, 0.717) is 11.3 Å². The molecule has 0 aliphatic carbocycles. The Morgan fingerprint density at radius 2 is 1.57 bits per heavy atom. The molecule has 1 heterocycles. The summed E-state index contributed by atoms with van der Waals surface area (Å²) >= 11 is 0. The second-order valence-corrected chi connectivity index (χ2v) is 4.70. The SMILES string of the molecule is O=C(Oc1ccccc1-c1ccccn1)c1c(F)cccc1F. The van der Waals surface area contributed by atoms with E-state index in [1.807, 2.05) is 0 Å². The number of esters is 1. The molecule has 0 aliphatic heterocycles. The number of carbonyl (C=O) groups excluding carboxylic acids is 1. The van der Waals surface area contributed by atoms with Crippen LogP contribution in [0.1, 0.15) is 10.4 Å². The van der Waals surface area contributed by atoms with Gasteiger partial charge in [0.15, 0.2) is 0 Å². The third kappa shape index (κ3) is 3.08. The van der Waals surface area contributed by atoms with Gasteiger partial charge in [0, 0.05) is 11.8 Å². The lowest BCUT2D eigenvalue weighted by Crippen LogP contribution is -2.13. The minimum absolute atomic E-state index is 0.179. The highest BCUT2D eigenvalue weighted by molar-refractivity contribution is 5.92. The van der Waals surface area contributed by atoms with Crippen LogP contribution in [0.4, 0.5) is 8.78 Å². The summed E-state index contributed by atoms with van der Waals surface area (Å²) in [5.74, 6) is -2.85. The van der Waals surface area contributed by atoms with E-state index in [1.54, 1.807) is 48.7 Å². The standard InChI is InChI=1S/C18H11F2NO2/c19-13-7-5-8-14(20)17(13)18(22)23-16-10-2-1-6-12(16)15-9-3-4-11-21-15/h1-11H. The zero-order chi connectivity index (χ0) is 16.2. The number of halogens is 2. The lowest BCUT2D eigenvalue weighted by Gasteiger charge is -2.10. The van der Waals surface area contributed by atoms with Crippen molar-refractivity contribution in [2.45, 2.75) is 0 Å². The number of rotatable bonds is 3. The smallest absolute Gasteiger partial charge is 0.349 e. The zero-order valence-electron chi connectivity index (χ0n) is 11.9. The fourth-order valence-electron chi connectivity index (χ4n) is 2.13. The Labute approximate surface area is 131 Å². The molecule has 3 nitrogen and oxygen atoms in total. The summed E-state index contributed by atoms with van der Waals surface area (Å²) in [5, 5.41) is 0. The van der Waals surface area contributed by atoms with Gasteiger partial charge in [0.2, 0.25) is 0 Å². The van der Waals surface area contributed by atoms with E-state index in [-0.39, 0.29) is 5.75 Å². The van der Waals surface area contributed by atoms with Crippen LogP contribution >= 0.6 is 0 Å². The van der Waals surface area contributed by atoms with Crippen LogP contribution in [0.25, 0.3) is 11.3 Å². The monoisotopic (exact) mass is 311 g/mol. The van der Waals surface area contributed by atoms with Crippen molar-refractivity contribution in [3.8, 4) is 17.0 Å². The Bertz CT molecular complexity index is 830. The first-order chi connectivity index (χ1) is 11.2. The van der Waals surface area contributed by atoms with Crippen molar-refractivity contribution in [2.75, 3.05) is 0 Å². The van der Waals surface area contributed by atoms with Crippen molar-refractivity contribution in [3.63, 3.8) is 0 Å². The lowest BCUT2D eigenvalue weighted by molar-refractivity contribution is 0.0725. The maximum absolute atomic E-state index is 13.7. The van der Waals surface area contributed by atoms with Crippen molar-refractivity contribution < 1.29 is 18.3 Å². The highest BCUT2D eigenvalue weighted by Gasteiger charge is 2.20. The van der Waals surface area contributed by atoms with E-state index in [0.717, 1.165) is 12.1 Å². The number of nitrogens with zero attached hydrogens (tertiary/aromatic N) is 1. The van der Waals surface area contributed by atoms with Gasteiger partial charge in [-0.1, -0.05) is 24.3 Å². The number of carbonyl (C=O) groups is 1. The number of ether oxygens (including phenoxy) is 1. The summed E-state index contributed by atoms with van der Waals surface area (Å²) in [6.07, 6.45) is 1.60. The van der Waals surface area contributed by atoms with Crippen LogP contribution < -0.4 is 4.74 Å². The molecule has 0 N–H and O–H groups in total. The third-order valence-corrected chi connectivity index (χ3v) is 3.20. The topological polar surface area (TPSA) is 39.2 Å². The fourth-order valence-corrected chi connectivity index (χ4v) is 2.13. The molecule has 114 valence electrons. The largest absolute Gasteiger partial charge is 0.422 e. The van der Waals surface area contributed by atoms with Gasteiger partial charge in [-0.2, -0.15) is 0 Å². The van der Waals surface area contributed by atoms with Gasteiger partial charge >= 0.3 is 5.97 Å². The van der Waals surface area contributed by atoms with Crippen LogP contribution in [0.3, 0.4) is 0 Å². The van der Waals surface area contributed by atoms with Crippen LogP contribution in [-0.4, -0.2) is 11.0 Å². The summed E-state index contributed by atoms with van der Waals surface area (Å²) in [6.45, 7) is 0. The van der Waals surface area contributed by atoms with Gasteiger partial charge in [-0.15, -0.1) is 0 Å². The highest BCUT2D eigenvalue weighted by Crippen LogP contribution is 2.29. The second-order valence-electron chi connectivity index (χ2n) is 4.70. The van der Waals surface area contributed by atoms with Crippen molar-refractivity contribution in [1.29, 1.82) is 0 Å². The fraction of sp³-hybridized carbons (Fsp3) is 0. The highest BCUT2D eigenvalue weighted by atomic mass is 19.1. The van der Waals surface area contributed by atoms with Crippen molar-refractivity contribution in [3.05, 3.63) is 84.1 Å². The van der Waals surface area contributed by atoms with E-state index in [1.165, 1.54) is 6.07 Å². The van der Waals surface area contributed by atoms with E-state index < -0.39 is 23.2 Å². The summed E-state index contributed by atoms with van der Waals surface area (Å²) in [7, 11) is 0. The van der Waals surface area contributed by atoms with Gasteiger partial charge in [0.05, 0.1) is 5.69 Å². The average Bonchev–Trinajstić information content (AvgIpc) is 2.56. The molecule has 0 atom stereocenters. The Hall–Kier alpha value is -3.08.